The lowest BCUT2D eigenvalue weighted by molar-refractivity contribution is -0.139. The summed E-state index contributed by atoms with van der Waals surface area (Å²) in [6.07, 6.45) is 0. The quantitative estimate of drug-likeness (QED) is 0.671. The third kappa shape index (κ3) is 5.24. The number of hydrogen-bond donors (Lipinski definition) is 2. The summed E-state index contributed by atoms with van der Waals surface area (Å²) in [7, 11) is 0. The summed E-state index contributed by atoms with van der Waals surface area (Å²) in [5.74, 6) is -0.253. The zero-order valence-electron chi connectivity index (χ0n) is 17.1. The predicted molar refractivity (Wildman–Crippen MR) is 112 cm³/mol. The minimum absolute atomic E-state index is 0.186. The van der Waals surface area contributed by atoms with Gasteiger partial charge in [-0.3, -0.25) is 14.5 Å². The van der Waals surface area contributed by atoms with E-state index in [9.17, 15) is 14.0 Å². The Hall–Kier alpha value is -3.33. The van der Waals surface area contributed by atoms with Crippen LogP contribution in [0.25, 0.3) is 0 Å². The lowest BCUT2D eigenvalue weighted by Gasteiger charge is -2.36. The normalized spacial score (nSPS) is 15.6. The second-order valence-corrected chi connectivity index (χ2v) is 7.41. The molecule has 0 saturated carbocycles. The molecule has 31 heavy (non-hydrogen) atoms. The second kappa shape index (κ2) is 9.65. The average molecular weight is 428 g/mol. The van der Waals surface area contributed by atoms with E-state index in [1.54, 1.807) is 24.3 Å². The topological polar surface area (TPSA) is 83.1 Å². The van der Waals surface area contributed by atoms with Gasteiger partial charge in [-0.1, -0.05) is 18.2 Å². The fourth-order valence-electron chi connectivity index (χ4n) is 3.64. The lowest BCUT2D eigenvalue weighted by atomic mass is 10.2. The number of halogens is 1. The molecule has 1 fully saturated rings. The van der Waals surface area contributed by atoms with E-state index < -0.39 is 11.8 Å². The Morgan fingerprint density at radius 2 is 1.68 bits per heavy atom. The van der Waals surface area contributed by atoms with Gasteiger partial charge >= 0.3 is 11.8 Å². The van der Waals surface area contributed by atoms with E-state index in [0.717, 1.165) is 18.7 Å². The molecule has 164 valence electrons. The summed E-state index contributed by atoms with van der Waals surface area (Å²) < 4.78 is 24.5. The lowest BCUT2D eigenvalue weighted by Crippen LogP contribution is -2.49. The molecule has 2 aromatic carbocycles. The molecule has 2 heterocycles. The monoisotopic (exact) mass is 428 g/mol. The molecule has 0 radical (unpaired) electrons. The van der Waals surface area contributed by atoms with Gasteiger partial charge in [0.25, 0.3) is 0 Å². The van der Waals surface area contributed by atoms with Crippen molar-refractivity contribution >= 4 is 17.5 Å². The highest BCUT2D eigenvalue weighted by molar-refractivity contribution is 6.35. The van der Waals surface area contributed by atoms with Crippen molar-refractivity contribution in [2.24, 2.45) is 0 Å². The van der Waals surface area contributed by atoms with Crippen LogP contribution in [-0.2, 0) is 16.1 Å². The van der Waals surface area contributed by atoms with Crippen LogP contribution in [0, 0.1) is 5.82 Å². The van der Waals surface area contributed by atoms with Crippen LogP contribution in [0.2, 0.25) is 0 Å². The molecule has 0 unspecified atom stereocenters. The summed E-state index contributed by atoms with van der Waals surface area (Å²) in [6.45, 7) is 4.37. The minimum Gasteiger partial charge on any atom is -0.454 e. The highest BCUT2D eigenvalue weighted by Crippen LogP contribution is 2.32. The van der Waals surface area contributed by atoms with Crippen LogP contribution in [0.1, 0.15) is 5.56 Å². The Balaban J connectivity index is 1.14. The Kier molecular flexibility index (Phi) is 6.51. The van der Waals surface area contributed by atoms with E-state index in [0.29, 0.717) is 43.4 Å². The first-order chi connectivity index (χ1) is 15.1. The van der Waals surface area contributed by atoms with Crippen molar-refractivity contribution in [2.75, 3.05) is 51.0 Å². The number of nitrogens with zero attached hydrogens (tertiary/aromatic N) is 2. The molecule has 0 aromatic heterocycles. The SMILES string of the molecule is O=C(NCCN1CCN(c2ccccc2F)CC1)C(=O)NCc1ccc2c(c1)OCO2. The number of hydrogen-bond acceptors (Lipinski definition) is 6. The number of amides is 2. The van der Waals surface area contributed by atoms with Gasteiger partial charge in [0.2, 0.25) is 6.79 Å². The molecule has 0 aliphatic carbocycles. The van der Waals surface area contributed by atoms with Gasteiger partial charge in [0.05, 0.1) is 5.69 Å². The summed E-state index contributed by atoms with van der Waals surface area (Å²) in [5.41, 5.74) is 1.44. The van der Waals surface area contributed by atoms with E-state index >= 15 is 0 Å². The van der Waals surface area contributed by atoms with Crippen LogP contribution in [0.15, 0.2) is 42.5 Å². The fraction of sp³-hybridized carbons (Fsp3) is 0.364. The fourth-order valence-corrected chi connectivity index (χ4v) is 3.64. The molecule has 0 spiro atoms. The number of carbonyl (C=O) groups excluding carboxylic acids is 2. The highest BCUT2D eigenvalue weighted by atomic mass is 19.1. The summed E-state index contributed by atoms with van der Waals surface area (Å²) >= 11 is 0. The second-order valence-electron chi connectivity index (χ2n) is 7.41. The smallest absolute Gasteiger partial charge is 0.309 e. The molecule has 2 aromatic rings. The number of anilines is 1. The van der Waals surface area contributed by atoms with Crippen LogP contribution < -0.4 is 25.0 Å². The highest BCUT2D eigenvalue weighted by Gasteiger charge is 2.20. The molecule has 2 N–H and O–H groups in total. The third-order valence-electron chi connectivity index (χ3n) is 5.38. The van der Waals surface area contributed by atoms with Crippen LogP contribution >= 0.6 is 0 Å². The molecule has 0 atom stereocenters. The zero-order valence-corrected chi connectivity index (χ0v) is 17.1. The average Bonchev–Trinajstić information content (AvgIpc) is 3.26. The molecule has 0 bridgehead atoms. The van der Waals surface area contributed by atoms with E-state index in [2.05, 4.69) is 15.5 Å². The molecule has 1 saturated heterocycles. The van der Waals surface area contributed by atoms with Crippen molar-refractivity contribution < 1.29 is 23.5 Å². The number of fused-ring (bicyclic) bond motifs is 1. The first-order valence-corrected chi connectivity index (χ1v) is 10.3. The van der Waals surface area contributed by atoms with E-state index in [1.165, 1.54) is 6.07 Å². The largest absolute Gasteiger partial charge is 0.454 e. The van der Waals surface area contributed by atoms with Gasteiger partial charge in [-0.25, -0.2) is 4.39 Å². The molecule has 9 heteroatoms. The summed E-state index contributed by atoms with van der Waals surface area (Å²) in [4.78, 5) is 28.3. The summed E-state index contributed by atoms with van der Waals surface area (Å²) in [6, 6.07) is 12.1. The summed E-state index contributed by atoms with van der Waals surface area (Å²) in [5, 5.41) is 5.25. The molecule has 8 nitrogen and oxygen atoms in total. The Labute approximate surface area is 179 Å². The molecule has 2 aliphatic rings. The number of piperazine rings is 1. The number of rotatable bonds is 6. The third-order valence-corrected chi connectivity index (χ3v) is 5.38. The van der Waals surface area contributed by atoms with Crippen molar-refractivity contribution in [3.05, 3.63) is 53.8 Å². The first-order valence-electron chi connectivity index (χ1n) is 10.3. The molecule has 4 rings (SSSR count). The van der Waals surface area contributed by atoms with E-state index in [-0.39, 0.29) is 19.2 Å². The molecular weight excluding hydrogens is 403 g/mol. The van der Waals surface area contributed by atoms with Gasteiger partial charge in [-0.15, -0.1) is 0 Å². The first kappa shape index (κ1) is 20.9. The molecular formula is C22H25FN4O4. The maximum absolute atomic E-state index is 13.9. The van der Waals surface area contributed by atoms with E-state index in [1.807, 2.05) is 17.0 Å². The standard InChI is InChI=1S/C22H25FN4O4/c23-17-3-1-2-4-18(17)27-11-9-26(10-12-27)8-7-24-21(28)22(29)25-14-16-5-6-19-20(13-16)31-15-30-19/h1-6,13H,7-12,14-15H2,(H,24,28)(H,25,29). The number of benzene rings is 2. The maximum atomic E-state index is 13.9. The maximum Gasteiger partial charge on any atom is 0.309 e. The van der Waals surface area contributed by atoms with Crippen LogP contribution in [-0.4, -0.2) is 62.8 Å². The van der Waals surface area contributed by atoms with Crippen molar-refractivity contribution in [3.63, 3.8) is 0 Å². The van der Waals surface area contributed by atoms with Crippen molar-refractivity contribution in [1.82, 2.24) is 15.5 Å². The predicted octanol–water partition coefficient (Wildman–Crippen LogP) is 1.11. The van der Waals surface area contributed by atoms with Crippen LogP contribution in [0.4, 0.5) is 10.1 Å². The number of ether oxygens (including phenoxy) is 2. The molecule has 2 aliphatic heterocycles. The van der Waals surface area contributed by atoms with Crippen LogP contribution in [0.5, 0.6) is 11.5 Å². The van der Waals surface area contributed by atoms with Crippen LogP contribution in [0.3, 0.4) is 0 Å². The van der Waals surface area contributed by atoms with E-state index in [4.69, 9.17) is 9.47 Å². The Morgan fingerprint density at radius 3 is 2.48 bits per heavy atom. The van der Waals surface area contributed by atoms with Gasteiger partial charge in [0, 0.05) is 45.8 Å². The van der Waals surface area contributed by atoms with Gasteiger partial charge in [0.1, 0.15) is 5.82 Å². The van der Waals surface area contributed by atoms with Crippen molar-refractivity contribution in [1.29, 1.82) is 0 Å². The number of nitrogens with one attached hydrogen (secondary N) is 2. The zero-order chi connectivity index (χ0) is 21.6. The Bertz CT molecular complexity index is 947. The van der Waals surface area contributed by atoms with Gasteiger partial charge in [-0.2, -0.15) is 0 Å². The van der Waals surface area contributed by atoms with Gasteiger partial charge < -0.3 is 25.0 Å². The van der Waals surface area contributed by atoms with Gasteiger partial charge in [-0.05, 0) is 29.8 Å². The number of para-hydroxylation sites is 1. The number of carbonyl (C=O) groups is 2. The van der Waals surface area contributed by atoms with Crippen molar-refractivity contribution in [2.45, 2.75) is 6.54 Å². The van der Waals surface area contributed by atoms with Crippen molar-refractivity contribution in [3.8, 4) is 11.5 Å². The van der Waals surface area contributed by atoms with Gasteiger partial charge in [0.15, 0.2) is 11.5 Å². The molecule has 2 amide bonds. The minimum atomic E-state index is -0.679. The Morgan fingerprint density at radius 1 is 0.935 bits per heavy atom.